The van der Waals surface area contributed by atoms with Gasteiger partial charge in [-0.15, -0.1) is 0 Å². The first-order valence-electron chi connectivity index (χ1n) is 13.0. The van der Waals surface area contributed by atoms with Crippen LogP contribution in [0.15, 0.2) is 146 Å². The molecule has 2 heterocycles. The molecule has 180 valence electrons. The number of H-pyrrole nitrogens is 2. The maximum atomic E-state index is 3.46. The fourth-order valence-electron chi connectivity index (χ4n) is 5.32. The summed E-state index contributed by atoms with van der Waals surface area (Å²) >= 11 is 0. The number of hydrogen-bond acceptors (Lipinski definition) is 0. The Morgan fingerprint density at radius 2 is 0.632 bits per heavy atom. The van der Waals surface area contributed by atoms with Crippen LogP contribution in [0.2, 0.25) is 0 Å². The molecule has 0 saturated carbocycles. The van der Waals surface area contributed by atoms with Gasteiger partial charge in [-0.25, -0.2) is 0 Å². The van der Waals surface area contributed by atoms with E-state index in [2.05, 4.69) is 143 Å². The Morgan fingerprint density at radius 3 is 1.08 bits per heavy atom. The summed E-state index contributed by atoms with van der Waals surface area (Å²) in [5.41, 5.74) is 9.83. The number of benzene rings is 6. The number of aromatic nitrogens is 2. The second-order valence-corrected chi connectivity index (χ2v) is 9.59. The lowest BCUT2D eigenvalue weighted by atomic mass is 10.0. The van der Waals surface area contributed by atoms with Crippen molar-refractivity contribution < 1.29 is 0 Å². The molecule has 0 atom stereocenters. The molecule has 8 aromatic rings. The van der Waals surface area contributed by atoms with Crippen molar-refractivity contribution in [2.24, 2.45) is 0 Å². The van der Waals surface area contributed by atoms with Gasteiger partial charge in [-0.1, -0.05) is 109 Å². The van der Waals surface area contributed by atoms with Crippen molar-refractivity contribution in [2.45, 2.75) is 0 Å². The van der Waals surface area contributed by atoms with E-state index in [1.54, 1.807) is 0 Å². The van der Waals surface area contributed by atoms with Crippen LogP contribution in [0, 0.1) is 0 Å². The van der Waals surface area contributed by atoms with E-state index in [0.29, 0.717) is 0 Å². The van der Waals surface area contributed by atoms with Crippen LogP contribution in [-0.2, 0) is 0 Å². The standard InChI is InChI=1S/2C18H13N/c2*1-2-6-13(7-3-1)14-10-11-18-16(12-14)15-8-4-5-9-17(15)19-18/h2*1-12,19H. The molecule has 2 heteroatoms. The van der Waals surface area contributed by atoms with E-state index < -0.39 is 0 Å². The number of fused-ring (bicyclic) bond motifs is 6. The van der Waals surface area contributed by atoms with E-state index in [0.717, 1.165) is 0 Å². The molecule has 0 amide bonds. The lowest BCUT2D eigenvalue weighted by molar-refractivity contribution is 1.54. The van der Waals surface area contributed by atoms with Crippen molar-refractivity contribution in [3.63, 3.8) is 0 Å². The predicted octanol–water partition coefficient (Wildman–Crippen LogP) is 9.98. The van der Waals surface area contributed by atoms with Crippen LogP contribution < -0.4 is 0 Å². The van der Waals surface area contributed by atoms with Crippen molar-refractivity contribution in [3.05, 3.63) is 146 Å². The fourth-order valence-corrected chi connectivity index (χ4v) is 5.32. The molecule has 38 heavy (non-hydrogen) atoms. The van der Waals surface area contributed by atoms with Crippen molar-refractivity contribution >= 4 is 43.6 Å². The predicted molar refractivity (Wildman–Crippen MR) is 162 cm³/mol. The van der Waals surface area contributed by atoms with E-state index in [1.165, 1.54) is 65.9 Å². The summed E-state index contributed by atoms with van der Waals surface area (Å²) in [6.45, 7) is 0. The normalized spacial score (nSPS) is 11.2. The number of aromatic amines is 2. The van der Waals surface area contributed by atoms with Gasteiger partial charge in [-0.3, -0.25) is 0 Å². The molecule has 2 nitrogen and oxygen atoms in total. The highest BCUT2D eigenvalue weighted by molar-refractivity contribution is 6.09. The Labute approximate surface area is 221 Å². The van der Waals surface area contributed by atoms with Gasteiger partial charge in [0.1, 0.15) is 0 Å². The molecule has 0 aliphatic rings. The molecule has 0 aliphatic carbocycles. The quantitative estimate of drug-likeness (QED) is 0.244. The first kappa shape index (κ1) is 22.1. The fraction of sp³-hybridized carbons (Fsp3) is 0. The maximum Gasteiger partial charge on any atom is 0.0465 e. The molecule has 0 aliphatic heterocycles. The van der Waals surface area contributed by atoms with Crippen molar-refractivity contribution in [3.8, 4) is 22.3 Å². The summed E-state index contributed by atoms with van der Waals surface area (Å²) in [5.74, 6) is 0. The number of nitrogens with one attached hydrogen (secondary N) is 2. The molecule has 0 saturated heterocycles. The van der Waals surface area contributed by atoms with Crippen LogP contribution in [0.3, 0.4) is 0 Å². The first-order valence-corrected chi connectivity index (χ1v) is 13.0. The van der Waals surface area contributed by atoms with E-state index >= 15 is 0 Å². The van der Waals surface area contributed by atoms with Gasteiger partial charge in [0.15, 0.2) is 0 Å². The number of hydrogen-bond donors (Lipinski definition) is 2. The SMILES string of the molecule is c1ccc(-c2ccc3[nH]c4ccccc4c3c2)cc1.c1ccc(-c2ccc3[nH]c4ccccc4c3c2)cc1. The summed E-state index contributed by atoms with van der Waals surface area (Å²) in [7, 11) is 0. The monoisotopic (exact) mass is 486 g/mol. The van der Waals surface area contributed by atoms with Crippen LogP contribution in [0.25, 0.3) is 65.9 Å². The van der Waals surface area contributed by atoms with Crippen LogP contribution in [0.5, 0.6) is 0 Å². The smallest absolute Gasteiger partial charge is 0.0465 e. The van der Waals surface area contributed by atoms with Gasteiger partial charge in [0, 0.05) is 43.6 Å². The molecule has 0 fully saturated rings. The third-order valence-corrected chi connectivity index (χ3v) is 7.23. The molecular formula is C36H26N2. The van der Waals surface area contributed by atoms with Gasteiger partial charge in [-0.05, 0) is 58.7 Å². The third-order valence-electron chi connectivity index (χ3n) is 7.23. The summed E-state index contributed by atoms with van der Waals surface area (Å²) in [5, 5.41) is 5.15. The van der Waals surface area contributed by atoms with E-state index in [9.17, 15) is 0 Å². The topological polar surface area (TPSA) is 31.6 Å². The van der Waals surface area contributed by atoms with Crippen LogP contribution in [0.4, 0.5) is 0 Å². The first-order chi connectivity index (χ1) is 18.8. The highest BCUT2D eigenvalue weighted by atomic mass is 14.7. The van der Waals surface area contributed by atoms with Crippen LogP contribution >= 0.6 is 0 Å². The molecule has 0 spiro atoms. The zero-order valence-electron chi connectivity index (χ0n) is 20.9. The van der Waals surface area contributed by atoms with Crippen LogP contribution in [0.1, 0.15) is 0 Å². The van der Waals surface area contributed by atoms with E-state index in [-0.39, 0.29) is 0 Å². The molecule has 0 unspecified atom stereocenters. The Morgan fingerprint density at radius 1 is 0.263 bits per heavy atom. The summed E-state index contributed by atoms with van der Waals surface area (Å²) < 4.78 is 0. The summed E-state index contributed by atoms with van der Waals surface area (Å²) in [6.07, 6.45) is 0. The van der Waals surface area contributed by atoms with Crippen LogP contribution in [-0.4, -0.2) is 9.97 Å². The molecular weight excluding hydrogens is 460 g/mol. The highest BCUT2D eigenvalue weighted by Gasteiger charge is 2.06. The van der Waals surface area contributed by atoms with E-state index in [4.69, 9.17) is 0 Å². The van der Waals surface area contributed by atoms with Gasteiger partial charge in [0.2, 0.25) is 0 Å². The van der Waals surface area contributed by atoms with Gasteiger partial charge in [-0.2, -0.15) is 0 Å². The lowest BCUT2D eigenvalue weighted by Crippen LogP contribution is -1.76. The number of rotatable bonds is 2. The minimum Gasteiger partial charge on any atom is -0.355 e. The Balaban J connectivity index is 0.000000127. The molecule has 6 aromatic carbocycles. The Bertz CT molecular complexity index is 1860. The average Bonchev–Trinajstić information content (AvgIpc) is 3.56. The molecule has 0 radical (unpaired) electrons. The summed E-state index contributed by atoms with van der Waals surface area (Å²) in [6, 6.07) is 51.1. The zero-order chi connectivity index (χ0) is 25.3. The van der Waals surface area contributed by atoms with E-state index in [1.807, 2.05) is 12.1 Å². The second kappa shape index (κ2) is 9.42. The zero-order valence-corrected chi connectivity index (χ0v) is 20.9. The molecule has 8 rings (SSSR count). The largest absolute Gasteiger partial charge is 0.355 e. The molecule has 2 N–H and O–H groups in total. The maximum absolute atomic E-state index is 3.46. The third kappa shape index (κ3) is 4.03. The van der Waals surface area contributed by atoms with Crippen molar-refractivity contribution in [1.82, 2.24) is 9.97 Å². The minimum absolute atomic E-state index is 1.20. The minimum atomic E-state index is 1.20. The molecule has 0 bridgehead atoms. The summed E-state index contributed by atoms with van der Waals surface area (Å²) in [4.78, 5) is 6.91. The second-order valence-electron chi connectivity index (χ2n) is 9.59. The molecule has 2 aromatic heterocycles. The number of para-hydroxylation sites is 2. The van der Waals surface area contributed by atoms with Crippen molar-refractivity contribution in [2.75, 3.05) is 0 Å². The van der Waals surface area contributed by atoms with Gasteiger partial charge >= 0.3 is 0 Å². The van der Waals surface area contributed by atoms with Gasteiger partial charge in [0.25, 0.3) is 0 Å². The van der Waals surface area contributed by atoms with Gasteiger partial charge in [0.05, 0.1) is 0 Å². The van der Waals surface area contributed by atoms with Crippen molar-refractivity contribution in [1.29, 1.82) is 0 Å². The van der Waals surface area contributed by atoms with Gasteiger partial charge < -0.3 is 9.97 Å². The Hall–Kier alpha value is -5.08. The highest BCUT2D eigenvalue weighted by Crippen LogP contribution is 2.31. The lowest BCUT2D eigenvalue weighted by Gasteiger charge is -2.01. The average molecular weight is 487 g/mol. The Kier molecular flexibility index (Phi) is 5.49.